The van der Waals surface area contributed by atoms with Crippen molar-refractivity contribution in [1.29, 1.82) is 0 Å². The topological polar surface area (TPSA) is 54.0 Å². The SMILES string of the molecule is CCOC(C)O[C@@H]1O[C@@H](CC)[C@H]2CC(=O)O[C@@H]12. The molecule has 0 aliphatic carbocycles. The molecule has 2 aliphatic heterocycles. The molecule has 0 amide bonds. The van der Waals surface area contributed by atoms with Crippen LogP contribution >= 0.6 is 0 Å². The number of esters is 1. The maximum atomic E-state index is 11.3. The number of carbonyl (C=O) groups is 1. The van der Waals surface area contributed by atoms with Crippen molar-refractivity contribution in [2.24, 2.45) is 5.92 Å². The average molecular weight is 244 g/mol. The van der Waals surface area contributed by atoms with Gasteiger partial charge in [-0.2, -0.15) is 0 Å². The summed E-state index contributed by atoms with van der Waals surface area (Å²) >= 11 is 0. The number of hydrogen-bond donors (Lipinski definition) is 0. The highest BCUT2D eigenvalue weighted by atomic mass is 16.8. The van der Waals surface area contributed by atoms with Gasteiger partial charge in [0.15, 0.2) is 18.7 Å². The molecule has 2 saturated heterocycles. The summed E-state index contributed by atoms with van der Waals surface area (Å²) in [4.78, 5) is 11.3. The Morgan fingerprint density at radius 1 is 1.47 bits per heavy atom. The highest BCUT2D eigenvalue weighted by Gasteiger charge is 2.52. The van der Waals surface area contributed by atoms with Gasteiger partial charge in [-0.05, 0) is 20.3 Å². The van der Waals surface area contributed by atoms with Gasteiger partial charge in [0.05, 0.1) is 12.5 Å². The third-order valence-corrected chi connectivity index (χ3v) is 3.28. The van der Waals surface area contributed by atoms with E-state index in [2.05, 4.69) is 0 Å². The zero-order valence-corrected chi connectivity index (χ0v) is 10.5. The van der Waals surface area contributed by atoms with Crippen LogP contribution in [0.25, 0.3) is 0 Å². The van der Waals surface area contributed by atoms with Gasteiger partial charge in [0.1, 0.15) is 0 Å². The lowest BCUT2D eigenvalue weighted by atomic mass is 9.96. The lowest BCUT2D eigenvalue weighted by Crippen LogP contribution is -2.32. The number of rotatable bonds is 5. The van der Waals surface area contributed by atoms with Gasteiger partial charge in [0.25, 0.3) is 0 Å². The third-order valence-electron chi connectivity index (χ3n) is 3.28. The minimum atomic E-state index is -0.488. The number of ether oxygens (including phenoxy) is 4. The van der Waals surface area contributed by atoms with Crippen molar-refractivity contribution < 1.29 is 23.7 Å². The first kappa shape index (κ1) is 12.8. The van der Waals surface area contributed by atoms with Crippen molar-refractivity contribution in [2.75, 3.05) is 6.61 Å². The van der Waals surface area contributed by atoms with Gasteiger partial charge in [0, 0.05) is 12.5 Å². The lowest BCUT2D eigenvalue weighted by molar-refractivity contribution is -0.251. The largest absolute Gasteiger partial charge is 0.457 e. The Hall–Kier alpha value is -0.650. The van der Waals surface area contributed by atoms with Gasteiger partial charge in [-0.1, -0.05) is 6.92 Å². The molecule has 5 heteroatoms. The van der Waals surface area contributed by atoms with E-state index >= 15 is 0 Å². The number of hydrogen-bond acceptors (Lipinski definition) is 5. The second kappa shape index (κ2) is 5.33. The number of carbonyl (C=O) groups excluding carboxylic acids is 1. The van der Waals surface area contributed by atoms with Crippen LogP contribution in [0.3, 0.4) is 0 Å². The summed E-state index contributed by atoms with van der Waals surface area (Å²) in [5.74, 6) is -0.0225. The molecule has 0 radical (unpaired) electrons. The van der Waals surface area contributed by atoms with Crippen molar-refractivity contribution in [3.63, 3.8) is 0 Å². The Kier molecular flexibility index (Phi) is 4.01. The predicted molar refractivity (Wildman–Crippen MR) is 59.1 cm³/mol. The van der Waals surface area contributed by atoms with Crippen LogP contribution in [0.1, 0.15) is 33.6 Å². The molecule has 5 nitrogen and oxygen atoms in total. The molecule has 0 aromatic carbocycles. The van der Waals surface area contributed by atoms with Crippen LogP contribution in [0.4, 0.5) is 0 Å². The van der Waals surface area contributed by atoms with Crippen LogP contribution in [0.15, 0.2) is 0 Å². The molecule has 17 heavy (non-hydrogen) atoms. The van der Waals surface area contributed by atoms with Crippen molar-refractivity contribution in [3.8, 4) is 0 Å². The fourth-order valence-electron chi connectivity index (χ4n) is 2.52. The molecule has 0 saturated carbocycles. The summed E-state index contributed by atoms with van der Waals surface area (Å²) in [5.41, 5.74) is 0. The summed E-state index contributed by atoms with van der Waals surface area (Å²) in [5, 5.41) is 0. The Balaban J connectivity index is 1.96. The van der Waals surface area contributed by atoms with E-state index in [1.165, 1.54) is 0 Å². The summed E-state index contributed by atoms with van der Waals surface area (Å²) in [7, 11) is 0. The van der Waals surface area contributed by atoms with E-state index in [-0.39, 0.29) is 30.4 Å². The molecule has 0 N–H and O–H groups in total. The first-order valence-electron chi connectivity index (χ1n) is 6.27. The van der Waals surface area contributed by atoms with Gasteiger partial charge in [-0.25, -0.2) is 0 Å². The van der Waals surface area contributed by atoms with Crippen LogP contribution in [0.2, 0.25) is 0 Å². The van der Waals surface area contributed by atoms with Crippen molar-refractivity contribution in [3.05, 3.63) is 0 Å². The monoisotopic (exact) mass is 244 g/mol. The molecule has 0 aromatic heterocycles. The quantitative estimate of drug-likeness (QED) is 0.541. The third kappa shape index (κ3) is 2.61. The standard InChI is InChI=1S/C12H20O5/c1-4-9-8-6-10(13)17-11(8)12(16-9)15-7(3)14-5-2/h7-9,11-12H,4-6H2,1-3H3/t7?,8-,9+,11-,12-/m1/s1. The van der Waals surface area contributed by atoms with Crippen molar-refractivity contribution >= 4 is 5.97 Å². The Labute approximate surface area is 101 Å². The average Bonchev–Trinajstić information content (AvgIpc) is 2.78. The van der Waals surface area contributed by atoms with E-state index < -0.39 is 6.29 Å². The second-order valence-electron chi connectivity index (χ2n) is 4.43. The van der Waals surface area contributed by atoms with E-state index in [1.807, 2.05) is 20.8 Å². The highest BCUT2D eigenvalue weighted by Crippen LogP contribution is 2.39. The van der Waals surface area contributed by atoms with E-state index in [9.17, 15) is 4.79 Å². The maximum Gasteiger partial charge on any atom is 0.306 e. The smallest absolute Gasteiger partial charge is 0.306 e. The molecule has 98 valence electrons. The molecule has 5 atom stereocenters. The van der Waals surface area contributed by atoms with Gasteiger partial charge in [0.2, 0.25) is 0 Å². The fourth-order valence-corrected chi connectivity index (χ4v) is 2.52. The Bertz CT molecular complexity index is 280. The van der Waals surface area contributed by atoms with Crippen LogP contribution < -0.4 is 0 Å². The molecule has 1 unspecified atom stereocenters. The molecule has 0 bridgehead atoms. The van der Waals surface area contributed by atoms with Crippen LogP contribution in [-0.2, 0) is 23.7 Å². The maximum absolute atomic E-state index is 11.3. The van der Waals surface area contributed by atoms with E-state index in [0.29, 0.717) is 13.0 Å². The second-order valence-corrected chi connectivity index (χ2v) is 4.43. The minimum Gasteiger partial charge on any atom is -0.457 e. The summed E-state index contributed by atoms with van der Waals surface area (Å²) in [6.07, 6.45) is 0.242. The molecule has 2 rings (SSSR count). The molecule has 2 aliphatic rings. The van der Waals surface area contributed by atoms with Crippen LogP contribution in [0, 0.1) is 5.92 Å². The summed E-state index contributed by atoms with van der Waals surface area (Å²) in [6.45, 7) is 6.35. The van der Waals surface area contributed by atoms with Crippen LogP contribution in [0.5, 0.6) is 0 Å². The Morgan fingerprint density at radius 3 is 2.88 bits per heavy atom. The predicted octanol–water partition coefficient (Wildman–Crippen LogP) is 1.45. The first-order valence-corrected chi connectivity index (χ1v) is 6.27. The van der Waals surface area contributed by atoms with Crippen LogP contribution in [-0.4, -0.2) is 37.4 Å². The van der Waals surface area contributed by atoms with Gasteiger partial charge >= 0.3 is 5.97 Å². The number of fused-ring (bicyclic) bond motifs is 1. The summed E-state index contributed by atoms with van der Waals surface area (Å²) < 4.78 is 22.0. The zero-order valence-electron chi connectivity index (χ0n) is 10.5. The van der Waals surface area contributed by atoms with Crippen molar-refractivity contribution in [2.45, 2.75) is 58.4 Å². The minimum absolute atomic E-state index is 0.0466. The van der Waals surface area contributed by atoms with Crippen molar-refractivity contribution in [1.82, 2.24) is 0 Å². The van der Waals surface area contributed by atoms with Gasteiger partial charge in [-0.3, -0.25) is 4.79 Å². The zero-order chi connectivity index (χ0) is 12.4. The van der Waals surface area contributed by atoms with Gasteiger partial charge in [-0.15, -0.1) is 0 Å². The molecule has 2 fully saturated rings. The fraction of sp³-hybridized carbons (Fsp3) is 0.917. The van der Waals surface area contributed by atoms with E-state index in [0.717, 1.165) is 6.42 Å². The Morgan fingerprint density at radius 2 is 2.24 bits per heavy atom. The molecule has 0 spiro atoms. The lowest BCUT2D eigenvalue weighted by Gasteiger charge is -2.21. The summed E-state index contributed by atoms with van der Waals surface area (Å²) in [6, 6.07) is 0. The van der Waals surface area contributed by atoms with E-state index in [4.69, 9.17) is 18.9 Å². The molecular formula is C12H20O5. The van der Waals surface area contributed by atoms with E-state index in [1.54, 1.807) is 0 Å². The highest BCUT2D eigenvalue weighted by molar-refractivity contribution is 5.72. The molecule has 2 heterocycles. The molecular weight excluding hydrogens is 224 g/mol. The first-order chi connectivity index (χ1) is 8.15. The van der Waals surface area contributed by atoms with Gasteiger partial charge < -0.3 is 18.9 Å². The normalized spacial score (nSPS) is 37.9. The molecule has 0 aromatic rings.